The third-order valence-corrected chi connectivity index (χ3v) is 3.28. The fraction of sp³-hybridized carbons (Fsp3) is 0.286. The highest BCUT2D eigenvalue weighted by Gasteiger charge is 2.38. The SMILES string of the molecule is CC1(NC(=O)c2ccc3cccnc3c2)CC1. The normalized spacial score (nSPS) is 16.8. The third kappa shape index (κ3) is 2.00. The molecule has 0 spiro atoms. The van der Waals surface area contributed by atoms with Crippen molar-refractivity contribution in [3.63, 3.8) is 0 Å². The lowest BCUT2D eigenvalue weighted by Gasteiger charge is -2.11. The van der Waals surface area contributed by atoms with Gasteiger partial charge in [0.15, 0.2) is 0 Å². The average Bonchev–Trinajstić information content (AvgIpc) is 3.06. The zero-order valence-electron chi connectivity index (χ0n) is 9.73. The number of nitrogens with zero attached hydrogens (tertiary/aromatic N) is 1. The molecule has 1 amide bonds. The molecule has 0 bridgehead atoms. The first-order chi connectivity index (χ1) is 8.16. The summed E-state index contributed by atoms with van der Waals surface area (Å²) in [6.45, 7) is 2.07. The molecule has 1 aromatic heterocycles. The number of hydrogen-bond acceptors (Lipinski definition) is 2. The second-order valence-corrected chi connectivity index (χ2v) is 4.93. The summed E-state index contributed by atoms with van der Waals surface area (Å²) in [4.78, 5) is 16.3. The monoisotopic (exact) mass is 226 g/mol. The molecular weight excluding hydrogens is 212 g/mol. The van der Waals surface area contributed by atoms with Crippen LogP contribution >= 0.6 is 0 Å². The Morgan fingerprint density at radius 3 is 2.94 bits per heavy atom. The topological polar surface area (TPSA) is 42.0 Å². The number of carbonyl (C=O) groups excluding carboxylic acids is 1. The molecule has 1 aliphatic rings. The summed E-state index contributed by atoms with van der Waals surface area (Å²) in [5, 5.41) is 4.10. The number of benzene rings is 1. The standard InChI is InChI=1S/C14H14N2O/c1-14(6-7-14)16-13(17)11-5-4-10-3-2-8-15-12(10)9-11/h2-5,8-9H,6-7H2,1H3,(H,16,17). The molecule has 17 heavy (non-hydrogen) atoms. The number of nitrogens with one attached hydrogen (secondary N) is 1. The van der Waals surface area contributed by atoms with E-state index < -0.39 is 0 Å². The number of fused-ring (bicyclic) bond motifs is 1. The van der Waals surface area contributed by atoms with Gasteiger partial charge in [-0.2, -0.15) is 0 Å². The van der Waals surface area contributed by atoms with E-state index in [9.17, 15) is 4.79 Å². The van der Waals surface area contributed by atoms with E-state index in [1.807, 2.05) is 30.3 Å². The van der Waals surface area contributed by atoms with Crippen molar-refractivity contribution in [3.8, 4) is 0 Å². The van der Waals surface area contributed by atoms with Crippen LogP contribution in [0.3, 0.4) is 0 Å². The lowest BCUT2D eigenvalue weighted by atomic mass is 10.1. The minimum Gasteiger partial charge on any atom is -0.347 e. The van der Waals surface area contributed by atoms with Crippen molar-refractivity contribution in [2.45, 2.75) is 25.3 Å². The molecular formula is C14H14N2O. The van der Waals surface area contributed by atoms with Crippen molar-refractivity contribution < 1.29 is 4.79 Å². The van der Waals surface area contributed by atoms with Gasteiger partial charge < -0.3 is 5.32 Å². The summed E-state index contributed by atoms with van der Waals surface area (Å²) in [6, 6.07) is 9.52. The van der Waals surface area contributed by atoms with Crippen LogP contribution in [0.25, 0.3) is 10.9 Å². The van der Waals surface area contributed by atoms with Crippen LogP contribution in [-0.4, -0.2) is 16.4 Å². The van der Waals surface area contributed by atoms with E-state index in [1.54, 1.807) is 6.20 Å². The molecule has 1 saturated carbocycles. The molecule has 1 aromatic carbocycles. The Hall–Kier alpha value is -1.90. The second kappa shape index (κ2) is 3.55. The van der Waals surface area contributed by atoms with Crippen LogP contribution in [0.4, 0.5) is 0 Å². The molecule has 0 unspecified atom stereocenters. The van der Waals surface area contributed by atoms with E-state index in [0.717, 1.165) is 23.7 Å². The maximum atomic E-state index is 12.0. The van der Waals surface area contributed by atoms with Crippen LogP contribution in [0.15, 0.2) is 36.5 Å². The number of rotatable bonds is 2. The molecule has 1 fully saturated rings. The zero-order valence-corrected chi connectivity index (χ0v) is 9.73. The Morgan fingerprint density at radius 1 is 1.35 bits per heavy atom. The minimum absolute atomic E-state index is 0.00227. The summed E-state index contributed by atoms with van der Waals surface area (Å²) in [6.07, 6.45) is 3.89. The highest BCUT2D eigenvalue weighted by molar-refractivity contribution is 5.98. The van der Waals surface area contributed by atoms with E-state index >= 15 is 0 Å². The van der Waals surface area contributed by atoms with Gasteiger partial charge in [0.05, 0.1) is 5.52 Å². The molecule has 0 saturated heterocycles. The fourth-order valence-corrected chi connectivity index (χ4v) is 1.87. The van der Waals surface area contributed by atoms with Crippen molar-refractivity contribution in [2.75, 3.05) is 0 Å². The van der Waals surface area contributed by atoms with E-state index in [0.29, 0.717) is 5.56 Å². The Morgan fingerprint density at radius 2 is 2.18 bits per heavy atom. The summed E-state index contributed by atoms with van der Waals surface area (Å²) < 4.78 is 0. The molecule has 0 atom stereocenters. The Labute approximate surface area is 99.9 Å². The predicted molar refractivity (Wildman–Crippen MR) is 66.8 cm³/mol. The maximum Gasteiger partial charge on any atom is 0.251 e. The molecule has 3 rings (SSSR count). The number of amides is 1. The zero-order chi connectivity index (χ0) is 11.9. The quantitative estimate of drug-likeness (QED) is 0.855. The first-order valence-electron chi connectivity index (χ1n) is 5.84. The van der Waals surface area contributed by atoms with Gasteiger partial charge in [0.2, 0.25) is 0 Å². The number of carbonyl (C=O) groups is 1. The summed E-state index contributed by atoms with van der Waals surface area (Å²) in [5.41, 5.74) is 1.57. The molecule has 1 heterocycles. The van der Waals surface area contributed by atoms with Gasteiger partial charge in [-0.1, -0.05) is 12.1 Å². The summed E-state index contributed by atoms with van der Waals surface area (Å²) >= 11 is 0. The minimum atomic E-state index is -0.00227. The van der Waals surface area contributed by atoms with E-state index in [1.165, 1.54) is 0 Å². The van der Waals surface area contributed by atoms with Crippen LogP contribution in [0, 0.1) is 0 Å². The first-order valence-corrected chi connectivity index (χ1v) is 5.84. The summed E-state index contributed by atoms with van der Waals surface area (Å²) in [5.74, 6) is -0.00227. The van der Waals surface area contributed by atoms with Gasteiger partial charge in [0, 0.05) is 22.7 Å². The van der Waals surface area contributed by atoms with Crippen molar-refractivity contribution in [2.24, 2.45) is 0 Å². The number of hydrogen-bond donors (Lipinski definition) is 1. The Balaban J connectivity index is 1.92. The first kappa shape index (κ1) is 10.3. The Bertz CT molecular complexity index is 588. The van der Waals surface area contributed by atoms with E-state index in [2.05, 4.69) is 17.2 Å². The molecule has 1 aliphatic carbocycles. The molecule has 3 nitrogen and oxygen atoms in total. The van der Waals surface area contributed by atoms with Gasteiger partial charge in [-0.15, -0.1) is 0 Å². The lowest BCUT2D eigenvalue weighted by Crippen LogP contribution is -2.34. The van der Waals surface area contributed by atoms with Gasteiger partial charge in [0.25, 0.3) is 5.91 Å². The van der Waals surface area contributed by atoms with Crippen molar-refractivity contribution in [1.82, 2.24) is 10.3 Å². The van der Waals surface area contributed by atoms with Gasteiger partial charge >= 0.3 is 0 Å². The highest BCUT2D eigenvalue weighted by Crippen LogP contribution is 2.34. The molecule has 0 radical (unpaired) electrons. The largest absolute Gasteiger partial charge is 0.347 e. The third-order valence-electron chi connectivity index (χ3n) is 3.28. The van der Waals surface area contributed by atoms with Crippen molar-refractivity contribution in [1.29, 1.82) is 0 Å². The second-order valence-electron chi connectivity index (χ2n) is 4.93. The van der Waals surface area contributed by atoms with Gasteiger partial charge in [-0.05, 0) is 38.0 Å². The molecule has 2 aromatic rings. The highest BCUT2D eigenvalue weighted by atomic mass is 16.1. The van der Waals surface area contributed by atoms with Crippen LogP contribution in [0.2, 0.25) is 0 Å². The van der Waals surface area contributed by atoms with E-state index in [4.69, 9.17) is 0 Å². The predicted octanol–water partition coefficient (Wildman–Crippen LogP) is 2.52. The number of pyridine rings is 1. The maximum absolute atomic E-state index is 12.0. The van der Waals surface area contributed by atoms with Crippen molar-refractivity contribution >= 4 is 16.8 Å². The van der Waals surface area contributed by atoms with Crippen LogP contribution in [-0.2, 0) is 0 Å². The molecule has 86 valence electrons. The van der Waals surface area contributed by atoms with Gasteiger partial charge in [-0.3, -0.25) is 9.78 Å². The molecule has 3 heteroatoms. The van der Waals surface area contributed by atoms with E-state index in [-0.39, 0.29) is 11.4 Å². The molecule has 1 N–H and O–H groups in total. The lowest BCUT2D eigenvalue weighted by molar-refractivity contribution is 0.0935. The van der Waals surface area contributed by atoms with Gasteiger partial charge in [-0.25, -0.2) is 0 Å². The Kier molecular flexibility index (Phi) is 2.15. The molecule has 0 aliphatic heterocycles. The summed E-state index contributed by atoms with van der Waals surface area (Å²) in [7, 11) is 0. The number of aromatic nitrogens is 1. The van der Waals surface area contributed by atoms with Gasteiger partial charge in [0.1, 0.15) is 0 Å². The van der Waals surface area contributed by atoms with Crippen LogP contribution in [0.1, 0.15) is 30.1 Å². The van der Waals surface area contributed by atoms with Crippen LogP contribution < -0.4 is 5.32 Å². The van der Waals surface area contributed by atoms with Crippen molar-refractivity contribution in [3.05, 3.63) is 42.1 Å². The average molecular weight is 226 g/mol. The van der Waals surface area contributed by atoms with Crippen LogP contribution in [0.5, 0.6) is 0 Å². The smallest absolute Gasteiger partial charge is 0.251 e. The fourth-order valence-electron chi connectivity index (χ4n) is 1.87.